The van der Waals surface area contributed by atoms with E-state index in [2.05, 4.69) is 27.7 Å². The van der Waals surface area contributed by atoms with Crippen LogP contribution in [0, 0.1) is 11.8 Å². The maximum atomic E-state index is 15.1. The first-order chi connectivity index (χ1) is 27.0. The van der Waals surface area contributed by atoms with Crippen LogP contribution in [0.15, 0.2) is 107 Å². The van der Waals surface area contributed by atoms with Crippen LogP contribution in [0.3, 0.4) is 0 Å². The highest BCUT2D eigenvalue weighted by molar-refractivity contribution is 6.28. The van der Waals surface area contributed by atoms with Crippen molar-refractivity contribution in [1.29, 1.82) is 0 Å². The lowest BCUT2D eigenvalue weighted by Gasteiger charge is -2.16. The van der Waals surface area contributed by atoms with Gasteiger partial charge < -0.3 is 9.47 Å². The van der Waals surface area contributed by atoms with Crippen molar-refractivity contribution in [1.82, 2.24) is 8.80 Å². The highest BCUT2D eigenvalue weighted by Crippen LogP contribution is 2.43. The molecule has 6 heteroatoms. The third kappa shape index (κ3) is 6.49. The highest BCUT2D eigenvalue weighted by atomic mass is 16.5. The smallest absolute Gasteiger partial charge is 0.264 e. The average molecular weight is 733 g/mol. The third-order valence-electron chi connectivity index (χ3n) is 11.9. The second-order valence-corrected chi connectivity index (χ2v) is 15.4. The van der Waals surface area contributed by atoms with Gasteiger partial charge in [-0.15, -0.1) is 0 Å². The number of hydrogen-bond donors (Lipinski definition) is 0. The van der Waals surface area contributed by atoms with Crippen LogP contribution in [0.2, 0.25) is 0 Å². The average Bonchev–Trinajstić information content (AvgIpc) is 3.75. The van der Waals surface area contributed by atoms with Crippen LogP contribution in [0.1, 0.15) is 85.5 Å². The van der Waals surface area contributed by atoms with Gasteiger partial charge in [0.25, 0.3) is 11.1 Å². The van der Waals surface area contributed by atoms with E-state index in [0.29, 0.717) is 36.2 Å². The van der Waals surface area contributed by atoms with Crippen LogP contribution < -0.4 is 20.6 Å². The molecule has 8 rings (SSSR count). The SMILES string of the molecule is CCCCCC(CC)COc1ccc(-c2c(=O)n3c4ccccc4c4c(-c5ccc(OCC(CC)CCCC)cc5)c(=O)n5c6ccccc6c2c5c43)cc1. The van der Waals surface area contributed by atoms with Crippen molar-refractivity contribution in [3.63, 3.8) is 0 Å². The van der Waals surface area contributed by atoms with E-state index in [1.807, 2.05) is 106 Å². The lowest BCUT2D eigenvalue weighted by molar-refractivity contribution is 0.232. The maximum absolute atomic E-state index is 15.1. The Kier molecular flexibility index (Phi) is 10.5. The fraction of sp³-hybridized carbons (Fsp3) is 0.347. The molecule has 0 aliphatic carbocycles. The molecule has 4 aromatic heterocycles. The van der Waals surface area contributed by atoms with Gasteiger partial charge in [0.2, 0.25) is 0 Å². The van der Waals surface area contributed by atoms with E-state index in [-0.39, 0.29) is 11.1 Å². The number of nitrogens with zero attached hydrogens (tertiary/aromatic N) is 2. The molecule has 0 saturated carbocycles. The molecule has 4 heterocycles. The van der Waals surface area contributed by atoms with Crippen molar-refractivity contribution in [3.05, 3.63) is 118 Å². The first kappa shape index (κ1) is 36.6. The van der Waals surface area contributed by atoms with Crippen molar-refractivity contribution >= 4 is 43.6 Å². The number of benzene rings is 4. The lowest BCUT2D eigenvalue weighted by atomic mass is 9.97. The minimum absolute atomic E-state index is 0.102. The molecule has 0 fully saturated rings. The number of para-hydroxylation sites is 2. The van der Waals surface area contributed by atoms with Crippen molar-refractivity contribution in [3.8, 4) is 33.8 Å². The molecule has 55 heavy (non-hydrogen) atoms. The van der Waals surface area contributed by atoms with E-state index in [0.717, 1.165) is 85.5 Å². The van der Waals surface area contributed by atoms with Gasteiger partial charge in [0.1, 0.15) is 11.5 Å². The van der Waals surface area contributed by atoms with Crippen LogP contribution in [0.5, 0.6) is 11.5 Å². The summed E-state index contributed by atoms with van der Waals surface area (Å²) in [5.41, 5.74) is 5.68. The summed E-state index contributed by atoms with van der Waals surface area (Å²) >= 11 is 0. The summed E-state index contributed by atoms with van der Waals surface area (Å²) in [5, 5.41) is 3.37. The fourth-order valence-corrected chi connectivity index (χ4v) is 8.68. The van der Waals surface area contributed by atoms with E-state index in [1.54, 1.807) is 0 Å². The molecule has 8 aromatic rings. The number of ether oxygens (including phenoxy) is 2. The lowest BCUT2D eigenvalue weighted by Crippen LogP contribution is -2.20. The quantitative estimate of drug-likeness (QED) is 0.0875. The molecule has 2 atom stereocenters. The van der Waals surface area contributed by atoms with Gasteiger partial charge in [-0.1, -0.05) is 133 Å². The normalized spacial score (nSPS) is 13.2. The summed E-state index contributed by atoms with van der Waals surface area (Å²) in [7, 11) is 0. The van der Waals surface area contributed by atoms with Crippen LogP contribution in [-0.2, 0) is 0 Å². The van der Waals surface area contributed by atoms with E-state index in [9.17, 15) is 0 Å². The molecule has 0 aliphatic heterocycles. The third-order valence-corrected chi connectivity index (χ3v) is 11.9. The minimum atomic E-state index is -0.103. The second-order valence-electron chi connectivity index (χ2n) is 15.4. The van der Waals surface area contributed by atoms with Crippen LogP contribution >= 0.6 is 0 Å². The molecule has 0 saturated heterocycles. The molecule has 0 bridgehead atoms. The van der Waals surface area contributed by atoms with Crippen molar-refractivity contribution < 1.29 is 9.47 Å². The van der Waals surface area contributed by atoms with Crippen LogP contribution in [0.25, 0.3) is 65.9 Å². The van der Waals surface area contributed by atoms with Gasteiger partial charge >= 0.3 is 0 Å². The summed E-state index contributed by atoms with van der Waals surface area (Å²) in [4.78, 5) is 30.2. The number of fused-ring (bicyclic) bond motifs is 6. The molecule has 0 radical (unpaired) electrons. The first-order valence-corrected chi connectivity index (χ1v) is 20.6. The minimum Gasteiger partial charge on any atom is -0.493 e. The number of pyridine rings is 2. The monoisotopic (exact) mass is 732 g/mol. The van der Waals surface area contributed by atoms with Gasteiger partial charge in [0.15, 0.2) is 0 Å². The topological polar surface area (TPSA) is 61.4 Å². The maximum Gasteiger partial charge on any atom is 0.264 e. The predicted octanol–water partition coefficient (Wildman–Crippen LogP) is 12.2. The number of unbranched alkanes of at least 4 members (excludes halogenated alkanes) is 3. The van der Waals surface area contributed by atoms with E-state index >= 15 is 9.59 Å². The Morgan fingerprint density at radius 3 is 1.35 bits per heavy atom. The predicted molar refractivity (Wildman–Crippen MR) is 229 cm³/mol. The van der Waals surface area contributed by atoms with Crippen molar-refractivity contribution in [2.45, 2.75) is 85.5 Å². The zero-order valence-corrected chi connectivity index (χ0v) is 32.7. The van der Waals surface area contributed by atoms with Crippen LogP contribution in [0.4, 0.5) is 0 Å². The molecule has 0 aliphatic rings. The molecule has 282 valence electrons. The summed E-state index contributed by atoms with van der Waals surface area (Å²) < 4.78 is 16.2. The molecule has 0 N–H and O–H groups in total. The molecule has 4 aromatic carbocycles. The van der Waals surface area contributed by atoms with Gasteiger partial charge in [-0.2, -0.15) is 0 Å². The Labute approximate surface area is 323 Å². The van der Waals surface area contributed by atoms with E-state index < -0.39 is 0 Å². The van der Waals surface area contributed by atoms with Gasteiger partial charge in [-0.05, 0) is 72.2 Å². The number of hydrogen-bond acceptors (Lipinski definition) is 4. The van der Waals surface area contributed by atoms with Crippen molar-refractivity contribution in [2.24, 2.45) is 11.8 Å². The fourth-order valence-electron chi connectivity index (χ4n) is 8.68. The van der Waals surface area contributed by atoms with Gasteiger partial charge in [0, 0.05) is 21.5 Å². The zero-order chi connectivity index (χ0) is 38.1. The Hall–Kier alpha value is -5.36. The first-order valence-electron chi connectivity index (χ1n) is 20.6. The van der Waals surface area contributed by atoms with Crippen molar-refractivity contribution in [2.75, 3.05) is 13.2 Å². The summed E-state index contributed by atoms with van der Waals surface area (Å²) in [6.07, 6.45) is 10.6. The number of rotatable bonds is 17. The molecule has 2 unspecified atom stereocenters. The highest BCUT2D eigenvalue weighted by Gasteiger charge is 2.29. The Morgan fingerprint density at radius 1 is 0.509 bits per heavy atom. The van der Waals surface area contributed by atoms with Gasteiger partial charge in [-0.3, -0.25) is 18.4 Å². The number of aromatic nitrogens is 2. The molecule has 6 nitrogen and oxygen atoms in total. The van der Waals surface area contributed by atoms with Crippen LogP contribution in [-0.4, -0.2) is 22.0 Å². The second kappa shape index (κ2) is 15.8. The largest absolute Gasteiger partial charge is 0.493 e. The summed E-state index contributed by atoms with van der Waals surface area (Å²) in [6.45, 7) is 10.3. The zero-order valence-electron chi connectivity index (χ0n) is 32.7. The molecule has 0 spiro atoms. The Bertz CT molecular complexity index is 2670. The van der Waals surface area contributed by atoms with E-state index in [1.165, 1.54) is 38.5 Å². The van der Waals surface area contributed by atoms with Gasteiger partial charge in [0.05, 0.1) is 46.4 Å². The Balaban J connectivity index is 1.28. The molecule has 0 amide bonds. The summed E-state index contributed by atoms with van der Waals surface area (Å²) in [5.74, 6) is 2.64. The molecular formula is C49H52N2O4. The summed E-state index contributed by atoms with van der Waals surface area (Å²) in [6, 6.07) is 31.8. The standard InChI is InChI=1S/C49H52N2O4/c1-5-9-11-17-33(8-4)31-55-37-28-24-35(25-29-37)43-45-39-19-13-15-21-41(39)50-47(45)46-44(38-18-12-14-20-40(38)51(46)49(43)53)42(48(50)52)34-22-26-36(27-23-34)54-30-32(7-3)16-10-6-2/h12-15,18-29,32-33H,5-11,16-17,30-31H2,1-4H3. The van der Waals surface area contributed by atoms with Gasteiger partial charge in [-0.25, -0.2) is 0 Å². The van der Waals surface area contributed by atoms with E-state index in [4.69, 9.17) is 9.47 Å². The molecular weight excluding hydrogens is 681 g/mol. The Morgan fingerprint density at radius 2 is 0.927 bits per heavy atom.